The van der Waals surface area contributed by atoms with Crippen LogP contribution < -0.4 is 0 Å². The molecule has 1 aromatic carbocycles. The maximum absolute atomic E-state index is 13.3. The van der Waals surface area contributed by atoms with Crippen LogP contribution in [-0.4, -0.2) is 5.11 Å². The number of thiophene rings is 1. The van der Waals surface area contributed by atoms with Crippen LogP contribution >= 0.6 is 38.9 Å². The molecule has 0 aliphatic rings. The Morgan fingerprint density at radius 1 is 1.41 bits per heavy atom. The molecule has 1 heterocycles. The number of aliphatic hydroxyl groups excluding tert-OH is 1. The Morgan fingerprint density at radius 3 is 2.71 bits per heavy atom. The summed E-state index contributed by atoms with van der Waals surface area (Å²) in [5, 5.41) is 10.4. The number of aliphatic hydroxyl groups is 1. The second kappa shape index (κ2) is 5.06. The lowest BCUT2D eigenvalue weighted by Gasteiger charge is -2.12. The molecule has 0 aliphatic carbocycles. The molecule has 1 unspecified atom stereocenters. The van der Waals surface area contributed by atoms with E-state index in [1.165, 1.54) is 17.4 Å². The van der Waals surface area contributed by atoms with Crippen molar-refractivity contribution in [2.45, 2.75) is 13.0 Å². The van der Waals surface area contributed by atoms with Crippen LogP contribution in [0.4, 0.5) is 4.39 Å². The maximum Gasteiger partial charge on any atom is 0.127 e. The van der Waals surface area contributed by atoms with Gasteiger partial charge in [0.2, 0.25) is 0 Å². The monoisotopic (exact) mass is 334 g/mol. The third-order valence-electron chi connectivity index (χ3n) is 2.44. The lowest BCUT2D eigenvalue weighted by molar-refractivity contribution is 0.224. The fourth-order valence-electron chi connectivity index (χ4n) is 1.52. The van der Waals surface area contributed by atoms with Crippen molar-refractivity contribution in [1.82, 2.24) is 0 Å². The summed E-state index contributed by atoms with van der Waals surface area (Å²) >= 11 is 10.7. The van der Waals surface area contributed by atoms with E-state index in [0.29, 0.717) is 11.1 Å². The summed E-state index contributed by atoms with van der Waals surface area (Å²) in [6.07, 6.45) is -0.821. The molecule has 2 aromatic rings. The standard InChI is InChI=1S/C12H9BrClFOS/c1-6-4-7(8(14)5-9(6)15)12(16)10-2-3-11(13)17-10/h2-5,12,16H,1H3. The van der Waals surface area contributed by atoms with Crippen molar-refractivity contribution < 1.29 is 9.50 Å². The first-order valence-corrected chi connectivity index (χ1v) is 6.86. The van der Waals surface area contributed by atoms with Crippen LogP contribution in [0.2, 0.25) is 5.02 Å². The highest BCUT2D eigenvalue weighted by molar-refractivity contribution is 9.11. The molecule has 0 bridgehead atoms. The molecule has 17 heavy (non-hydrogen) atoms. The Morgan fingerprint density at radius 2 is 2.12 bits per heavy atom. The van der Waals surface area contributed by atoms with E-state index in [1.54, 1.807) is 13.0 Å². The molecule has 0 spiro atoms. The second-order valence-corrected chi connectivity index (χ2v) is 6.57. The highest BCUT2D eigenvalue weighted by atomic mass is 79.9. The SMILES string of the molecule is Cc1cc(C(O)c2ccc(Br)s2)c(Cl)cc1F. The predicted octanol–water partition coefficient (Wildman–Crippen LogP) is 4.69. The third kappa shape index (κ3) is 2.71. The van der Waals surface area contributed by atoms with Crippen LogP contribution in [0.3, 0.4) is 0 Å². The summed E-state index contributed by atoms with van der Waals surface area (Å²) in [4.78, 5) is 0.768. The maximum atomic E-state index is 13.3. The molecule has 0 radical (unpaired) electrons. The van der Waals surface area contributed by atoms with Crippen LogP contribution in [0, 0.1) is 12.7 Å². The molecule has 2 rings (SSSR count). The summed E-state index contributed by atoms with van der Waals surface area (Å²) in [6, 6.07) is 6.48. The number of hydrogen-bond donors (Lipinski definition) is 1. The van der Waals surface area contributed by atoms with Gasteiger partial charge in [0.15, 0.2) is 0 Å². The zero-order valence-electron chi connectivity index (χ0n) is 8.88. The lowest BCUT2D eigenvalue weighted by atomic mass is 10.0. The van der Waals surface area contributed by atoms with E-state index in [0.717, 1.165) is 8.66 Å². The second-order valence-electron chi connectivity index (χ2n) is 3.67. The Kier molecular flexibility index (Phi) is 3.88. The smallest absolute Gasteiger partial charge is 0.127 e. The highest BCUT2D eigenvalue weighted by Gasteiger charge is 2.17. The van der Waals surface area contributed by atoms with Crippen LogP contribution in [0.5, 0.6) is 0 Å². The topological polar surface area (TPSA) is 20.2 Å². The van der Waals surface area contributed by atoms with Crippen molar-refractivity contribution in [3.8, 4) is 0 Å². The van der Waals surface area contributed by atoms with Crippen molar-refractivity contribution in [2.24, 2.45) is 0 Å². The quantitative estimate of drug-likeness (QED) is 0.844. The lowest BCUT2D eigenvalue weighted by Crippen LogP contribution is -2.00. The van der Waals surface area contributed by atoms with Crippen LogP contribution in [-0.2, 0) is 0 Å². The minimum Gasteiger partial charge on any atom is -0.383 e. The minimum absolute atomic E-state index is 0.241. The van der Waals surface area contributed by atoms with Gasteiger partial charge in [0.1, 0.15) is 11.9 Å². The molecular formula is C12H9BrClFOS. The fourth-order valence-corrected chi connectivity index (χ4v) is 3.20. The molecule has 0 saturated heterocycles. The van der Waals surface area contributed by atoms with Crippen LogP contribution in [0.15, 0.2) is 28.1 Å². The van der Waals surface area contributed by atoms with Crippen molar-refractivity contribution in [2.75, 3.05) is 0 Å². The zero-order chi connectivity index (χ0) is 12.6. The molecule has 0 fully saturated rings. The van der Waals surface area contributed by atoms with Gasteiger partial charge in [-0.1, -0.05) is 11.6 Å². The number of rotatable bonds is 2. The van der Waals surface area contributed by atoms with Crippen molar-refractivity contribution in [3.05, 3.63) is 54.9 Å². The first-order chi connectivity index (χ1) is 7.99. The van der Waals surface area contributed by atoms with Gasteiger partial charge in [0.25, 0.3) is 0 Å². The predicted molar refractivity (Wildman–Crippen MR) is 72.2 cm³/mol. The molecule has 90 valence electrons. The van der Waals surface area contributed by atoms with E-state index >= 15 is 0 Å². The third-order valence-corrected chi connectivity index (χ3v) is 4.44. The first kappa shape index (κ1) is 13.0. The number of hydrogen-bond acceptors (Lipinski definition) is 2. The average molecular weight is 336 g/mol. The van der Waals surface area contributed by atoms with Gasteiger partial charge in [0, 0.05) is 15.5 Å². The molecule has 5 heteroatoms. The fraction of sp³-hybridized carbons (Fsp3) is 0.167. The number of halogens is 3. The molecule has 1 nitrogen and oxygen atoms in total. The van der Waals surface area contributed by atoms with Gasteiger partial charge in [-0.05, 0) is 52.7 Å². The van der Waals surface area contributed by atoms with E-state index in [1.807, 2.05) is 12.1 Å². The minimum atomic E-state index is -0.821. The Labute approximate surface area is 116 Å². The summed E-state index contributed by atoms with van der Waals surface area (Å²) in [6.45, 7) is 1.65. The van der Waals surface area contributed by atoms with E-state index in [2.05, 4.69) is 15.9 Å². The zero-order valence-corrected chi connectivity index (χ0v) is 12.0. The largest absolute Gasteiger partial charge is 0.383 e. The first-order valence-electron chi connectivity index (χ1n) is 4.88. The van der Waals surface area contributed by atoms with Gasteiger partial charge in [-0.2, -0.15) is 0 Å². The van der Waals surface area contributed by atoms with Gasteiger partial charge in [-0.3, -0.25) is 0 Å². The summed E-state index contributed by atoms with van der Waals surface area (Å²) in [5.41, 5.74) is 0.999. The molecule has 0 amide bonds. The number of aryl methyl sites for hydroxylation is 1. The van der Waals surface area contributed by atoms with Gasteiger partial charge in [-0.25, -0.2) is 4.39 Å². The van der Waals surface area contributed by atoms with E-state index in [-0.39, 0.29) is 10.8 Å². The molecular weight excluding hydrogens is 327 g/mol. The molecule has 1 aromatic heterocycles. The van der Waals surface area contributed by atoms with Crippen molar-refractivity contribution >= 4 is 38.9 Å². The number of benzene rings is 1. The van der Waals surface area contributed by atoms with E-state index < -0.39 is 6.10 Å². The molecule has 0 aliphatic heterocycles. The van der Waals surface area contributed by atoms with Gasteiger partial charge < -0.3 is 5.11 Å². The molecule has 1 atom stereocenters. The Bertz CT molecular complexity index is 555. The summed E-state index contributed by atoms with van der Waals surface area (Å²) < 4.78 is 14.2. The van der Waals surface area contributed by atoms with Gasteiger partial charge >= 0.3 is 0 Å². The van der Waals surface area contributed by atoms with Crippen molar-refractivity contribution in [1.29, 1.82) is 0 Å². The average Bonchev–Trinajstić information content (AvgIpc) is 2.69. The highest BCUT2D eigenvalue weighted by Crippen LogP contribution is 2.35. The van der Waals surface area contributed by atoms with E-state index in [9.17, 15) is 9.50 Å². The van der Waals surface area contributed by atoms with Crippen LogP contribution in [0.25, 0.3) is 0 Å². The Balaban J connectivity index is 2.43. The Hall–Kier alpha value is -0.420. The van der Waals surface area contributed by atoms with Crippen molar-refractivity contribution in [3.63, 3.8) is 0 Å². The molecule has 1 N–H and O–H groups in total. The summed E-state index contributed by atoms with van der Waals surface area (Å²) in [7, 11) is 0. The van der Waals surface area contributed by atoms with E-state index in [4.69, 9.17) is 11.6 Å². The molecule has 0 saturated carbocycles. The van der Waals surface area contributed by atoms with Gasteiger partial charge in [0.05, 0.1) is 3.79 Å². The normalized spacial score (nSPS) is 12.8. The van der Waals surface area contributed by atoms with Crippen LogP contribution in [0.1, 0.15) is 22.1 Å². The van der Waals surface area contributed by atoms with Gasteiger partial charge in [-0.15, -0.1) is 11.3 Å². The summed E-state index contributed by atoms with van der Waals surface area (Å²) in [5.74, 6) is -0.363.